The number of rotatable bonds is 6. The third-order valence-electron chi connectivity index (χ3n) is 2.56. The summed E-state index contributed by atoms with van der Waals surface area (Å²) in [6.07, 6.45) is 1.70. The zero-order valence-corrected chi connectivity index (χ0v) is 10.5. The molecular weight excluding hydrogens is 230 g/mol. The number of benzene rings is 1. The lowest BCUT2D eigenvalue weighted by molar-refractivity contribution is -0.118. The molecule has 2 amide bonds. The Balaban J connectivity index is 2.67. The van der Waals surface area contributed by atoms with E-state index in [4.69, 9.17) is 11.5 Å². The number of nitrogens with one attached hydrogen (secondary N) is 1. The van der Waals surface area contributed by atoms with Gasteiger partial charge in [0.05, 0.1) is 6.04 Å². The van der Waals surface area contributed by atoms with E-state index in [0.29, 0.717) is 19.3 Å². The van der Waals surface area contributed by atoms with E-state index in [1.54, 1.807) is 6.92 Å². The van der Waals surface area contributed by atoms with E-state index in [9.17, 15) is 9.59 Å². The fourth-order valence-corrected chi connectivity index (χ4v) is 1.56. The monoisotopic (exact) mass is 249 g/mol. The Bertz CT molecular complexity index is 430. The minimum atomic E-state index is -0.552. The zero-order valence-electron chi connectivity index (χ0n) is 10.5. The summed E-state index contributed by atoms with van der Waals surface area (Å²) in [5, 5.41) is 2.77. The maximum absolute atomic E-state index is 11.5. The van der Waals surface area contributed by atoms with Crippen LogP contribution in [0.4, 0.5) is 5.69 Å². The summed E-state index contributed by atoms with van der Waals surface area (Å²) in [5.74, 6) is -0.538. The van der Waals surface area contributed by atoms with E-state index in [2.05, 4.69) is 5.32 Å². The number of hydrogen-bond acceptors (Lipinski definition) is 3. The number of carbonyl (C=O) groups is 2. The minimum absolute atomic E-state index is 0.225. The molecule has 0 bridgehead atoms. The SMILES string of the molecule is C[C@@H](N)C(=O)Nc1ccccc1CCCC(N)=O. The molecule has 1 rings (SSSR count). The predicted molar refractivity (Wildman–Crippen MR) is 70.9 cm³/mol. The van der Waals surface area contributed by atoms with Crippen LogP contribution in [0, 0.1) is 0 Å². The van der Waals surface area contributed by atoms with Gasteiger partial charge in [-0.15, -0.1) is 0 Å². The molecule has 0 aliphatic heterocycles. The Kier molecular flexibility index (Phi) is 5.32. The van der Waals surface area contributed by atoms with Crippen molar-refractivity contribution in [2.24, 2.45) is 11.5 Å². The van der Waals surface area contributed by atoms with E-state index in [0.717, 1.165) is 11.3 Å². The van der Waals surface area contributed by atoms with Crippen LogP contribution in [0.25, 0.3) is 0 Å². The van der Waals surface area contributed by atoms with Crippen LogP contribution >= 0.6 is 0 Å². The molecular formula is C13H19N3O2. The number of hydrogen-bond donors (Lipinski definition) is 3. The lowest BCUT2D eigenvalue weighted by atomic mass is 10.1. The minimum Gasteiger partial charge on any atom is -0.370 e. The van der Waals surface area contributed by atoms with E-state index < -0.39 is 6.04 Å². The molecule has 98 valence electrons. The highest BCUT2D eigenvalue weighted by Gasteiger charge is 2.10. The van der Waals surface area contributed by atoms with Gasteiger partial charge >= 0.3 is 0 Å². The van der Waals surface area contributed by atoms with E-state index in [1.807, 2.05) is 24.3 Å². The Labute approximate surface area is 107 Å². The number of anilines is 1. The summed E-state index contributed by atoms with van der Waals surface area (Å²) in [6, 6.07) is 6.91. The lowest BCUT2D eigenvalue weighted by Gasteiger charge is -2.12. The van der Waals surface area contributed by atoms with Crippen molar-refractivity contribution in [3.63, 3.8) is 0 Å². The van der Waals surface area contributed by atoms with Crippen molar-refractivity contribution in [3.8, 4) is 0 Å². The largest absolute Gasteiger partial charge is 0.370 e. The zero-order chi connectivity index (χ0) is 13.5. The number of aryl methyl sites for hydroxylation is 1. The van der Waals surface area contributed by atoms with Crippen molar-refractivity contribution in [2.45, 2.75) is 32.2 Å². The predicted octanol–water partition coefficient (Wildman–Crippen LogP) is 0.780. The van der Waals surface area contributed by atoms with Crippen molar-refractivity contribution in [1.29, 1.82) is 0 Å². The van der Waals surface area contributed by atoms with Crippen LogP contribution in [0.1, 0.15) is 25.3 Å². The Morgan fingerprint density at radius 1 is 1.33 bits per heavy atom. The molecule has 0 aliphatic carbocycles. The van der Waals surface area contributed by atoms with Gasteiger partial charge in [0.1, 0.15) is 0 Å². The fraction of sp³-hybridized carbons (Fsp3) is 0.385. The van der Waals surface area contributed by atoms with Gasteiger partial charge in [-0.2, -0.15) is 0 Å². The molecule has 18 heavy (non-hydrogen) atoms. The number of nitrogens with two attached hydrogens (primary N) is 2. The van der Waals surface area contributed by atoms with E-state index in [-0.39, 0.29) is 11.8 Å². The number of para-hydroxylation sites is 1. The smallest absolute Gasteiger partial charge is 0.241 e. The second-order valence-corrected chi connectivity index (χ2v) is 4.25. The average molecular weight is 249 g/mol. The first-order chi connectivity index (χ1) is 8.50. The third kappa shape index (κ3) is 4.55. The molecule has 0 saturated carbocycles. The second-order valence-electron chi connectivity index (χ2n) is 4.25. The van der Waals surface area contributed by atoms with Gasteiger partial charge in [-0.1, -0.05) is 18.2 Å². The van der Waals surface area contributed by atoms with Crippen molar-refractivity contribution in [2.75, 3.05) is 5.32 Å². The first-order valence-electron chi connectivity index (χ1n) is 5.93. The molecule has 1 aromatic rings. The molecule has 1 atom stereocenters. The highest BCUT2D eigenvalue weighted by atomic mass is 16.2. The molecule has 5 heteroatoms. The fourth-order valence-electron chi connectivity index (χ4n) is 1.56. The Morgan fingerprint density at radius 3 is 2.61 bits per heavy atom. The molecule has 0 aromatic heterocycles. The number of primary amides is 1. The summed E-state index contributed by atoms with van der Waals surface area (Å²) in [7, 11) is 0. The maximum Gasteiger partial charge on any atom is 0.241 e. The van der Waals surface area contributed by atoms with Gasteiger partial charge in [-0.25, -0.2) is 0 Å². The topological polar surface area (TPSA) is 98.2 Å². The number of carbonyl (C=O) groups excluding carboxylic acids is 2. The van der Waals surface area contributed by atoms with Crippen LogP contribution in [0.3, 0.4) is 0 Å². The first kappa shape index (κ1) is 14.2. The Morgan fingerprint density at radius 2 is 2.00 bits per heavy atom. The van der Waals surface area contributed by atoms with Crippen molar-refractivity contribution < 1.29 is 9.59 Å². The summed E-state index contributed by atoms with van der Waals surface area (Å²) in [5.41, 5.74) is 12.3. The van der Waals surface area contributed by atoms with Gasteiger partial charge in [0.2, 0.25) is 11.8 Å². The van der Waals surface area contributed by atoms with Gasteiger partial charge in [0, 0.05) is 12.1 Å². The van der Waals surface area contributed by atoms with Crippen LogP contribution in [-0.4, -0.2) is 17.9 Å². The maximum atomic E-state index is 11.5. The molecule has 1 aromatic carbocycles. The molecule has 5 nitrogen and oxygen atoms in total. The summed E-state index contributed by atoms with van der Waals surface area (Å²) < 4.78 is 0. The van der Waals surface area contributed by atoms with Gasteiger partial charge < -0.3 is 16.8 Å². The van der Waals surface area contributed by atoms with Gasteiger partial charge in [0.15, 0.2) is 0 Å². The van der Waals surface area contributed by atoms with E-state index in [1.165, 1.54) is 0 Å². The van der Waals surface area contributed by atoms with Crippen LogP contribution < -0.4 is 16.8 Å². The lowest BCUT2D eigenvalue weighted by Crippen LogP contribution is -2.32. The van der Waals surface area contributed by atoms with Crippen molar-refractivity contribution in [1.82, 2.24) is 0 Å². The molecule has 0 fully saturated rings. The van der Waals surface area contributed by atoms with Crippen LogP contribution in [0.5, 0.6) is 0 Å². The molecule has 0 unspecified atom stereocenters. The van der Waals surface area contributed by atoms with Gasteiger partial charge in [-0.3, -0.25) is 9.59 Å². The molecule has 0 radical (unpaired) electrons. The average Bonchev–Trinajstić information content (AvgIpc) is 2.30. The van der Waals surface area contributed by atoms with Gasteiger partial charge in [-0.05, 0) is 31.4 Å². The highest BCUT2D eigenvalue weighted by Crippen LogP contribution is 2.17. The molecule has 0 heterocycles. The molecule has 5 N–H and O–H groups in total. The summed E-state index contributed by atoms with van der Waals surface area (Å²) in [4.78, 5) is 22.2. The Hall–Kier alpha value is -1.88. The molecule has 0 spiro atoms. The summed E-state index contributed by atoms with van der Waals surface area (Å²) in [6.45, 7) is 1.63. The van der Waals surface area contributed by atoms with Crippen LogP contribution in [0.2, 0.25) is 0 Å². The normalized spacial score (nSPS) is 11.9. The molecule has 0 saturated heterocycles. The first-order valence-corrected chi connectivity index (χ1v) is 5.93. The van der Waals surface area contributed by atoms with Crippen LogP contribution in [0.15, 0.2) is 24.3 Å². The number of amides is 2. The van der Waals surface area contributed by atoms with Gasteiger partial charge in [0.25, 0.3) is 0 Å². The second kappa shape index (κ2) is 6.76. The molecule has 0 aliphatic rings. The van der Waals surface area contributed by atoms with Crippen molar-refractivity contribution >= 4 is 17.5 Å². The van der Waals surface area contributed by atoms with E-state index >= 15 is 0 Å². The van der Waals surface area contributed by atoms with Crippen molar-refractivity contribution in [3.05, 3.63) is 29.8 Å². The van der Waals surface area contributed by atoms with Crippen LogP contribution in [-0.2, 0) is 16.0 Å². The highest BCUT2D eigenvalue weighted by molar-refractivity contribution is 5.95. The quantitative estimate of drug-likeness (QED) is 0.694. The third-order valence-corrected chi connectivity index (χ3v) is 2.56. The summed E-state index contributed by atoms with van der Waals surface area (Å²) >= 11 is 0. The standard InChI is InChI=1S/C13H19N3O2/c1-9(14)13(18)16-11-7-3-2-5-10(11)6-4-8-12(15)17/h2-3,5,7,9H,4,6,8,14H2,1H3,(H2,15,17)(H,16,18)/t9-/m1/s1.